The van der Waals surface area contributed by atoms with E-state index >= 15 is 4.39 Å². The second-order valence-electron chi connectivity index (χ2n) is 8.68. The fraction of sp³-hybridized carbons (Fsp3) is 0.308. The average molecular weight is 494 g/mol. The fourth-order valence-corrected chi connectivity index (χ4v) is 4.88. The van der Waals surface area contributed by atoms with E-state index in [1.165, 1.54) is 12.1 Å². The Morgan fingerprint density at radius 3 is 2.83 bits per heavy atom. The molecule has 5 rings (SSSR count). The lowest BCUT2D eigenvalue weighted by molar-refractivity contribution is 0.0968. The third-order valence-corrected chi connectivity index (χ3v) is 6.52. The summed E-state index contributed by atoms with van der Waals surface area (Å²) in [6, 6.07) is 9.75. The van der Waals surface area contributed by atoms with Gasteiger partial charge < -0.3 is 9.73 Å². The number of aromatic nitrogens is 3. The maximum absolute atomic E-state index is 15.4. The van der Waals surface area contributed by atoms with Crippen molar-refractivity contribution < 1.29 is 13.6 Å². The van der Waals surface area contributed by atoms with Crippen molar-refractivity contribution in [2.24, 2.45) is 0 Å². The Hall–Kier alpha value is -3.36. The number of carbonyl (C=O) groups excluding carboxylic acids is 1. The highest BCUT2D eigenvalue weighted by Crippen LogP contribution is 2.34. The van der Waals surface area contributed by atoms with E-state index in [1.54, 1.807) is 17.2 Å². The third kappa shape index (κ3) is 4.51. The van der Waals surface area contributed by atoms with Crippen LogP contribution in [0.25, 0.3) is 22.2 Å². The molecule has 1 saturated heterocycles. The second kappa shape index (κ2) is 9.71. The molecule has 1 amide bonds. The van der Waals surface area contributed by atoms with E-state index < -0.39 is 11.7 Å². The van der Waals surface area contributed by atoms with Crippen LogP contribution in [0.4, 0.5) is 10.2 Å². The zero-order valence-electron chi connectivity index (χ0n) is 19.5. The van der Waals surface area contributed by atoms with E-state index in [2.05, 4.69) is 20.5 Å². The molecule has 2 aromatic heterocycles. The van der Waals surface area contributed by atoms with Crippen LogP contribution in [0.2, 0.25) is 5.02 Å². The van der Waals surface area contributed by atoms with Gasteiger partial charge in [0.05, 0.1) is 11.6 Å². The van der Waals surface area contributed by atoms with Crippen molar-refractivity contribution in [2.75, 3.05) is 18.0 Å². The van der Waals surface area contributed by atoms with Crippen molar-refractivity contribution in [1.82, 2.24) is 20.5 Å². The summed E-state index contributed by atoms with van der Waals surface area (Å²) in [5, 5.41) is 13.6. The van der Waals surface area contributed by atoms with Gasteiger partial charge in [-0.15, -0.1) is 10.2 Å². The summed E-state index contributed by atoms with van der Waals surface area (Å²) >= 11 is 6.28. The summed E-state index contributed by atoms with van der Waals surface area (Å²) in [4.78, 5) is 20.2. The number of carbonyl (C=O) groups is 1. The van der Waals surface area contributed by atoms with Gasteiger partial charge in [-0.25, -0.2) is 9.37 Å². The lowest BCUT2D eigenvalue weighted by Gasteiger charge is -2.35. The number of nitrogens with zero attached hydrogens (tertiary/aromatic N) is 4. The SMILES string of the molecule is CCc1nnc(-c2ccc(C(=O)N(c3nccc4cc(Cl)cc(C)c34)C3CCCNC3)c(F)c2)o1. The molecule has 35 heavy (non-hydrogen) atoms. The predicted molar refractivity (Wildman–Crippen MR) is 133 cm³/mol. The van der Waals surface area contributed by atoms with Crippen molar-refractivity contribution in [3.05, 3.63) is 70.5 Å². The van der Waals surface area contributed by atoms with Gasteiger partial charge in [0.15, 0.2) is 0 Å². The molecule has 0 aliphatic carbocycles. The smallest absolute Gasteiger partial charge is 0.262 e. The molecule has 180 valence electrons. The molecule has 1 aliphatic rings. The van der Waals surface area contributed by atoms with Crippen LogP contribution in [0.3, 0.4) is 0 Å². The van der Waals surface area contributed by atoms with Crippen LogP contribution in [-0.2, 0) is 6.42 Å². The van der Waals surface area contributed by atoms with Gasteiger partial charge in [0.1, 0.15) is 11.6 Å². The maximum Gasteiger partial charge on any atom is 0.262 e. The van der Waals surface area contributed by atoms with Crippen molar-refractivity contribution in [1.29, 1.82) is 0 Å². The number of halogens is 2. The molecule has 0 radical (unpaired) electrons. The van der Waals surface area contributed by atoms with Crippen LogP contribution in [0.15, 0.2) is 47.0 Å². The normalized spacial score (nSPS) is 15.9. The van der Waals surface area contributed by atoms with E-state index in [0.29, 0.717) is 35.3 Å². The van der Waals surface area contributed by atoms with Gasteiger partial charge in [-0.3, -0.25) is 9.69 Å². The van der Waals surface area contributed by atoms with Gasteiger partial charge in [-0.05, 0) is 73.7 Å². The number of pyridine rings is 1. The first-order chi connectivity index (χ1) is 17.0. The number of rotatable bonds is 5. The molecule has 7 nitrogen and oxygen atoms in total. The van der Waals surface area contributed by atoms with Gasteiger partial charge in [0, 0.05) is 35.1 Å². The van der Waals surface area contributed by atoms with Crippen molar-refractivity contribution in [3.8, 4) is 11.5 Å². The van der Waals surface area contributed by atoms with Crippen molar-refractivity contribution >= 4 is 34.1 Å². The number of fused-ring (bicyclic) bond motifs is 1. The zero-order valence-corrected chi connectivity index (χ0v) is 20.3. The quantitative estimate of drug-likeness (QED) is 0.403. The monoisotopic (exact) mass is 493 g/mol. The number of aryl methyl sites for hydroxylation is 2. The Kier molecular flexibility index (Phi) is 6.49. The number of piperidine rings is 1. The Balaban J connectivity index is 1.59. The first-order valence-corrected chi connectivity index (χ1v) is 12.1. The number of hydrogen-bond donors (Lipinski definition) is 1. The van der Waals surface area contributed by atoms with Crippen LogP contribution in [0, 0.1) is 12.7 Å². The molecule has 1 fully saturated rings. The zero-order chi connectivity index (χ0) is 24.5. The molecule has 1 N–H and O–H groups in total. The molecule has 1 atom stereocenters. The largest absolute Gasteiger partial charge is 0.421 e. The third-order valence-electron chi connectivity index (χ3n) is 6.30. The summed E-state index contributed by atoms with van der Waals surface area (Å²) in [6.07, 6.45) is 3.93. The maximum atomic E-state index is 15.4. The molecular formula is C26H25ClFN5O2. The Bertz CT molecular complexity index is 1400. The van der Waals surface area contributed by atoms with E-state index in [0.717, 1.165) is 35.7 Å². The molecule has 4 aromatic rings. The van der Waals surface area contributed by atoms with Gasteiger partial charge >= 0.3 is 0 Å². The summed E-state index contributed by atoms with van der Waals surface area (Å²) in [5.74, 6) is 0.0862. The summed E-state index contributed by atoms with van der Waals surface area (Å²) in [5.41, 5.74) is 1.28. The number of nitrogens with one attached hydrogen (secondary N) is 1. The average Bonchev–Trinajstić information content (AvgIpc) is 3.34. The molecule has 1 aliphatic heterocycles. The van der Waals surface area contributed by atoms with Crippen LogP contribution < -0.4 is 10.2 Å². The molecule has 9 heteroatoms. The number of amides is 1. The van der Waals surface area contributed by atoms with Gasteiger partial charge in [0.25, 0.3) is 5.91 Å². The lowest BCUT2D eigenvalue weighted by atomic mass is 10.0. The van der Waals surface area contributed by atoms with Gasteiger partial charge in [0.2, 0.25) is 11.8 Å². The first-order valence-electron chi connectivity index (χ1n) is 11.7. The van der Waals surface area contributed by atoms with E-state index in [4.69, 9.17) is 16.0 Å². The Labute approximate surface area is 207 Å². The molecule has 0 spiro atoms. The van der Waals surface area contributed by atoms with Gasteiger partial charge in [-0.1, -0.05) is 18.5 Å². The van der Waals surface area contributed by atoms with E-state index in [-0.39, 0.29) is 17.5 Å². The molecule has 1 unspecified atom stereocenters. The fourth-order valence-electron chi connectivity index (χ4n) is 4.59. The number of benzene rings is 2. The summed E-state index contributed by atoms with van der Waals surface area (Å²) in [6.45, 7) is 5.30. The minimum absolute atomic E-state index is 0.0417. The highest BCUT2D eigenvalue weighted by atomic mass is 35.5. The van der Waals surface area contributed by atoms with E-state index in [1.807, 2.05) is 32.0 Å². The van der Waals surface area contributed by atoms with Crippen LogP contribution in [0.1, 0.15) is 41.6 Å². The molecule has 0 saturated carbocycles. The Morgan fingerprint density at radius 1 is 1.26 bits per heavy atom. The minimum Gasteiger partial charge on any atom is -0.421 e. The van der Waals surface area contributed by atoms with Crippen molar-refractivity contribution in [2.45, 2.75) is 39.2 Å². The highest BCUT2D eigenvalue weighted by molar-refractivity contribution is 6.31. The van der Waals surface area contributed by atoms with Crippen LogP contribution in [-0.4, -0.2) is 40.2 Å². The predicted octanol–water partition coefficient (Wildman–Crippen LogP) is 5.35. The van der Waals surface area contributed by atoms with Crippen LogP contribution >= 0.6 is 11.6 Å². The Morgan fingerprint density at radius 2 is 2.11 bits per heavy atom. The molecular weight excluding hydrogens is 469 g/mol. The molecule has 2 aromatic carbocycles. The number of anilines is 1. The van der Waals surface area contributed by atoms with Crippen molar-refractivity contribution in [3.63, 3.8) is 0 Å². The molecule has 3 heterocycles. The van der Waals surface area contributed by atoms with E-state index in [9.17, 15) is 4.79 Å². The topological polar surface area (TPSA) is 84.2 Å². The van der Waals surface area contributed by atoms with Gasteiger partial charge in [-0.2, -0.15) is 0 Å². The summed E-state index contributed by atoms with van der Waals surface area (Å²) < 4.78 is 20.9. The first kappa shape index (κ1) is 23.4. The second-order valence-corrected chi connectivity index (χ2v) is 9.12. The standard InChI is InChI=1S/C26H25ClFN5O2/c1-3-22-31-32-25(35-22)17-6-7-20(21(28)13-17)26(34)33(19-5-4-9-29-14-19)24-23-15(2)11-18(27)12-16(23)8-10-30-24/h6-8,10-13,19,29H,3-5,9,14H2,1-2H3. The van der Waals surface area contributed by atoms with Crippen LogP contribution in [0.5, 0.6) is 0 Å². The lowest BCUT2D eigenvalue weighted by Crippen LogP contribution is -2.49. The highest BCUT2D eigenvalue weighted by Gasteiger charge is 2.32. The molecule has 0 bridgehead atoms. The number of hydrogen-bond acceptors (Lipinski definition) is 6. The summed E-state index contributed by atoms with van der Waals surface area (Å²) in [7, 11) is 0. The minimum atomic E-state index is -0.655.